The maximum Gasteiger partial charge on any atom is 0.265 e. The second-order valence-electron chi connectivity index (χ2n) is 12.0. The standard InChI is InChI=1S/C30H35ClN2O7S/c1-29(2)28(35)32-41(36,37)21-7-10-26-24(15-21)33(16-19-5-8-22(19)25(34)4-3-12-40-29)17-30(18-39-26)11-13-38-27-14-20(31)6-9-23(27)30/h3-4,6-7,9-10,14-15,19,22,25,34H,5,8,11-13,16-18H2,1-2H3,(H,32,35)/t19-,22+,25-,30-/m0/s1. The number of anilines is 1. The minimum atomic E-state index is -4.20. The third kappa shape index (κ3) is 5.31. The summed E-state index contributed by atoms with van der Waals surface area (Å²) in [4.78, 5) is 15.1. The second kappa shape index (κ2) is 10.5. The number of rotatable bonds is 0. The molecule has 2 N–H and O–H groups in total. The van der Waals surface area contributed by atoms with Gasteiger partial charge < -0.3 is 24.2 Å². The SMILES string of the molecule is CC1(C)OCC=C[C@H](O)[C@@H]2CC[C@H]2CN2C[C@@]3(CCOc4cc(Cl)ccc43)COc3ccc(cc32)S(=O)(=O)NC1=O. The van der Waals surface area contributed by atoms with E-state index in [0.29, 0.717) is 49.2 Å². The zero-order chi connectivity index (χ0) is 29.0. The Labute approximate surface area is 245 Å². The highest BCUT2D eigenvalue weighted by Gasteiger charge is 2.45. The smallest absolute Gasteiger partial charge is 0.265 e. The van der Waals surface area contributed by atoms with Gasteiger partial charge in [0.05, 0.1) is 41.9 Å². The van der Waals surface area contributed by atoms with Crippen molar-refractivity contribution in [1.29, 1.82) is 0 Å². The van der Waals surface area contributed by atoms with E-state index in [2.05, 4.69) is 9.62 Å². The van der Waals surface area contributed by atoms with Crippen LogP contribution in [0.1, 0.15) is 38.7 Å². The van der Waals surface area contributed by atoms with Crippen LogP contribution >= 0.6 is 11.6 Å². The predicted molar refractivity (Wildman–Crippen MR) is 154 cm³/mol. The van der Waals surface area contributed by atoms with E-state index >= 15 is 0 Å². The molecule has 1 amide bonds. The van der Waals surface area contributed by atoms with Crippen molar-refractivity contribution in [3.63, 3.8) is 0 Å². The minimum absolute atomic E-state index is 0.0405. The Bertz CT molecular complexity index is 1490. The van der Waals surface area contributed by atoms with Crippen molar-refractivity contribution in [2.75, 3.05) is 37.8 Å². The first kappa shape index (κ1) is 28.3. The Morgan fingerprint density at radius 2 is 1.93 bits per heavy atom. The highest BCUT2D eigenvalue weighted by atomic mass is 35.5. The van der Waals surface area contributed by atoms with Gasteiger partial charge in [0.1, 0.15) is 17.1 Å². The Kier molecular flexibility index (Phi) is 7.25. The zero-order valence-corrected chi connectivity index (χ0v) is 24.7. The normalized spacial score (nSPS) is 30.5. The lowest BCUT2D eigenvalue weighted by atomic mass is 9.69. The number of fused-ring (bicyclic) bond motifs is 4. The topological polar surface area (TPSA) is 114 Å². The molecule has 220 valence electrons. The number of halogens is 1. The number of amides is 1. The van der Waals surface area contributed by atoms with Crippen molar-refractivity contribution in [3.05, 3.63) is 59.1 Å². The number of hydrogen-bond donors (Lipinski definition) is 2. The molecule has 4 aliphatic rings. The molecular formula is C30H35ClN2O7S. The summed E-state index contributed by atoms with van der Waals surface area (Å²) in [6.07, 6.45) is 5.29. The number of carbonyl (C=O) groups excluding carboxylic acids is 1. The fourth-order valence-electron chi connectivity index (χ4n) is 6.29. The molecule has 6 rings (SSSR count). The van der Waals surface area contributed by atoms with Crippen LogP contribution in [-0.4, -0.2) is 64.0 Å². The fraction of sp³-hybridized carbons (Fsp3) is 0.500. The Hall–Kier alpha value is -2.79. The molecular weight excluding hydrogens is 568 g/mol. The van der Waals surface area contributed by atoms with E-state index < -0.39 is 33.1 Å². The molecule has 3 heterocycles. The molecule has 1 spiro atoms. The summed E-state index contributed by atoms with van der Waals surface area (Å²) in [6.45, 7) is 5.13. The van der Waals surface area contributed by atoms with Gasteiger partial charge in [-0.15, -0.1) is 0 Å². The van der Waals surface area contributed by atoms with Gasteiger partial charge in [-0.25, -0.2) is 13.1 Å². The van der Waals surface area contributed by atoms with E-state index in [0.717, 1.165) is 24.2 Å². The van der Waals surface area contributed by atoms with Gasteiger partial charge in [-0.05, 0) is 75.3 Å². The maximum absolute atomic E-state index is 13.4. The van der Waals surface area contributed by atoms with Crippen LogP contribution in [0.2, 0.25) is 5.02 Å². The van der Waals surface area contributed by atoms with Crippen LogP contribution < -0.4 is 19.1 Å². The number of aliphatic hydroxyl groups excluding tert-OH is 1. The number of benzene rings is 2. The molecule has 0 unspecified atom stereocenters. The molecule has 1 fully saturated rings. The van der Waals surface area contributed by atoms with E-state index in [-0.39, 0.29) is 23.3 Å². The number of nitrogens with zero attached hydrogens (tertiary/aromatic N) is 1. The van der Waals surface area contributed by atoms with Crippen molar-refractivity contribution in [2.24, 2.45) is 11.8 Å². The zero-order valence-electron chi connectivity index (χ0n) is 23.1. The first-order chi connectivity index (χ1) is 19.5. The molecule has 9 nitrogen and oxygen atoms in total. The molecule has 0 saturated heterocycles. The van der Waals surface area contributed by atoms with Crippen LogP contribution in [0, 0.1) is 11.8 Å². The summed E-state index contributed by atoms with van der Waals surface area (Å²) in [5.74, 6) is 0.747. The second-order valence-corrected chi connectivity index (χ2v) is 14.1. The van der Waals surface area contributed by atoms with Crippen molar-refractivity contribution >= 4 is 33.2 Å². The summed E-state index contributed by atoms with van der Waals surface area (Å²) in [5.41, 5.74) is -0.198. The van der Waals surface area contributed by atoms with Gasteiger partial charge in [0.25, 0.3) is 15.9 Å². The first-order valence-electron chi connectivity index (χ1n) is 14.0. The first-order valence-corrected chi connectivity index (χ1v) is 15.8. The highest BCUT2D eigenvalue weighted by Crippen LogP contribution is 2.47. The Morgan fingerprint density at radius 3 is 2.71 bits per heavy atom. The molecule has 4 atom stereocenters. The van der Waals surface area contributed by atoms with Crippen molar-refractivity contribution in [1.82, 2.24) is 4.72 Å². The summed E-state index contributed by atoms with van der Waals surface area (Å²) < 4.78 is 47.1. The van der Waals surface area contributed by atoms with E-state index in [1.807, 2.05) is 18.2 Å². The Morgan fingerprint density at radius 1 is 1.10 bits per heavy atom. The molecule has 1 aliphatic carbocycles. The number of ether oxygens (including phenoxy) is 3. The molecule has 2 aromatic rings. The lowest BCUT2D eigenvalue weighted by Crippen LogP contribution is -2.50. The van der Waals surface area contributed by atoms with Gasteiger partial charge in [0, 0.05) is 23.7 Å². The average molecular weight is 603 g/mol. The van der Waals surface area contributed by atoms with Crippen LogP contribution in [0.5, 0.6) is 11.5 Å². The van der Waals surface area contributed by atoms with Gasteiger partial charge in [0.15, 0.2) is 0 Å². The number of nitrogens with one attached hydrogen (secondary N) is 1. The van der Waals surface area contributed by atoms with Crippen LogP contribution in [-0.2, 0) is 25.0 Å². The average Bonchev–Trinajstić information content (AvgIpc) is 3.05. The van der Waals surface area contributed by atoms with Crippen LogP contribution in [0.15, 0.2) is 53.4 Å². The molecule has 0 aromatic heterocycles. The van der Waals surface area contributed by atoms with E-state index in [1.54, 1.807) is 24.3 Å². The van der Waals surface area contributed by atoms with E-state index in [1.165, 1.54) is 19.9 Å². The maximum atomic E-state index is 13.4. The van der Waals surface area contributed by atoms with Crippen molar-refractivity contribution < 1.29 is 32.5 Å². The summed E-state index contributed by atoms with van der Waals surface area (Å²) in [6, 6.07) is 10.4. The van der Waals surface area contributed by atoms with Crippen molar-refractivity contribution in [2.45, 2.75) is 55.1 Å². The number of hydrogen-bond acceptors (Lipinski definition) is 8. The molecule has 2 bridgehead atoms. The molecule has 11 heteroatoms. The van der Waals surface area contributed by atoms with E-state index in [4.69, 9.17) is 25.8 Å². The van der Waals surface area contributed by atoms with Gasteiger partial charge in [-0.3, -0.25) is 4.79 Å². The van der Waals surface area contributed by atoms with Crippen LogP contribution in [0.3, 0.4) is 0 Å². The lowest BCUT2D eigenvalue weighted by molar-refractivity contribution is -0.139. The lowest BCUT2D eigenvalue weighted by Gasteiger charge is -2.45. The Balaban J connectivity index is 1.44. The summed E-state index contributed by atoms with van der Waals surface area (Å²) in [7, 11) is -4.20. The van der Waals surface area contributed by atoms with Crippen LogP contribution in [0.4, 0.5) is 5.69 Å². The number of carbonyl (C=O) groups is 1. The highest BCUT2D eigenvalue weighted by molar-refractivity contribution is 7.90. The fourth-order valence-corrected chi connectivity index (χ4v) is 7.57. The minimum Gasteiger partial charge on any atom is -0.493 e. The third-order valence-corrected chi connectivity index (χ3v) is 10.5. The third-order valence-electron chi connectivity index (χ3n) is 8.95. The van der Waals surface area contributed by atoms with Gasteiger partial charge in [-0.1, -0.05) is 29.8 Å². The molecule has 0 radical (unpaired) electrons. The predicted octanol–water partition coefficient (Wildman–Crippen LogP) is 3.82. The monoisotopic (exact) mass is 602 g/mol. The number of sulfonamides is 1. The molecule has 3 aliphatic heterocycles. The van der Waals surface area contributed by atoms with Gasteiger partial charge in [0.2, 0.25) is 0 Å². The number of aliphatic hydroxyl groups is 1. The summed E-state index contributed by atoms with van der Waals surface area (Å²) in [5, 5.41) is 11.6. The molecule has 41 heavy (non-hydrogen) atoms. The quantitative estimate of drug-likeness (QED) is 0.438. The summed E-state index contributed by atoms with van der Waals surface area (Å²) >= 11 is 6.29. The van der Waals surface area contributed by atoms with Gasteiger partial charge >= 0.3 is 0 Å². The largest absolute Gasteiger partial charge is 0.493 e. The van der Waals surface area contributed by atoms with Gasteiger partial charge in [-0.2, -0.15) is 0 Å². The van der Waals surface area contributed by atoms with Crippen molar-refractivity contribution in [3.8, 4) is 11.5 Å². The molecule has 1 saturated carbocycles. The van der Waals surface area contributed by atoms with Crippen LogP contribution in [0.25, 0.3) is 0 Å². The molecule has 2 aromatic carbocycles. The van der Waals surface area contributed by atoms with E-state index in [9.17, 15) is 18.3 Å².